The van der Waals surface area contributed by atoms with Crippen molar-refractivity contribution in [2.75, 3.05) is 0 Å². The van der Waals surface area contributed by atoms with Crippen molar-refractivity contribution in [3.05, 3.63) is 94.4 Å². The molecular formula is C29H27ClFN3O3. The first-order chi connectivity index (χ1) is 17.7. The van der Waals surface area contributed by atoms with Crippen molar-refractivity contribution in [2.45, 2.75) is 39.2 Å². The van der Waals surface area contributed by atoms with Gasteiger partial charge in [0, 0.05) is 22.6 Å². The average Bonchev–Trinajstić information content (AvgIpc) is 2.87. The molecule has 37 heavy (non-hydrogen) atoms. The lowest BCUT2D eigenvalue weighted by atomic mass is 9.98. The van der Waals surface area contributed by atoms with Crippen molar-refractivity contribution in [2.24, 2.45) is 5.92 Å². The smallest absolute Gasteiger partial charge is 0.303 e. The minimum atomic E-state index is -0.833. The Morgan fingerprint density at radius 3 is 2.35 bits per heavy atom. The Morgan fingerprint density at radius 2 is 1.68 bits per heavy atom. The zero-order valence-corrected chi connectivity index (χ0v) is 21.3. The maximum Gasteiger partial charge on any atom is 0.303 e. The van der Waals surface area contributed by atoms with E-state index in [1.54, 1.807) is 42.5 Å². The molecule has 0 saturated carbocycles. The molecule has 0 saturated heterocycles. The molecule has 8 heteroatoms. The quantitative estimate of drug-likeness (QED) is 0.259. The van der Waals surface area contributed by atoms with Crippen molar-refractivity contribution in [1.82, 2.24) is 15.3 Å². The topological polar surface area (TPSA) is 92.2 Å². The summed E-state index contributed by atoms with van der Waals surface area (Å²) in [6.07, 6.45) is 1.24. The highest BCUT2D eigenvalue weighted by atomic mass is 35.5. The number of hydrogen-bond acceptors (Lipinski definition) is 4. The fourth-order valence-corrected chi connectivity index (χ4v) is 4.27. The second-order valence-electron chi connectivity index (χ2n) is 9.22. The molecule has 0 aliphatic heterocycles. The highest BCUT2D eigenvalue weighted by molar-refractivity contribution is 6.30. The summed E-state index contributed by atoms with van der Waals surface area (Å²) in [7, 11) is 0. The Balaban J connectivity index is 1.64. The normalized spacial score (nSPS) is 12.8. The lowest BCUT2D eigenvalue weighted by Gasteiger charge is -2.15. The first-order valence-electron chi connectivity index (χ1n) is 12.0. The number of nitrogens with one attached hydrogen (secondary N) is 1. The second-order valence-corrected chi connectivity index (χ2v) is 9.65. The largest absolute Gasteiger partial charge is 0.481 e. The van der Waals surface area contributed by atoms with Crippen molar-refractivity contribution < 1.29 is 19.1 Å². The molecule has 0 aliphatic rings. The minimum absolute atomic E-state index is 0.0295. The summed E-state index contributed by atoms with van der Waals surface area (Å²) in [5.74, 6) is -1.47. The Labute approximate surface area is 219 Å². The van der Waals surface area contributed by atoms with Gasteiger partial charge in [-0.2, -0.15) is 0 Å². The Kier molecular flexibility index (Phi) is 8.14. The number of hydrogen-bond donors (Lipinski definition) is 2. The summed E-state index contributed by atoms with van der Waals surface area (Å²) >= 11 is 6.07. The summed E-state index contributed by atoms with van der Waals surface area (Å²) < 4.78 is 13.2. The molecule has 2 atom stereocenters. The molecule has 2 N–H and O–H groups in total. The Hall–Kier alpha value is -3.84. The molecule has 3 aromatic carbocycles. The summed E-state index contributed by atoms with van der Waals surface area (Å²) in [6, 6.07) is 18.2. The number of rotatable bonds is 9. The highest BCUT2D eigenvalue weighted by Crippen LogP contribution is 2.27. The van der Waals surface area contributed by atoms with Gasteiger partial charge in [-0.1, -0.05) is 42.8 Å². The summed E-state index contributed by atoms with van der Waals surface area (Å²) in [4.78, 5) is 33.8. The molecule has 0 radical (unpaired) electrons. The third kappa shape index (κ3) is 6.68. The van der Waals surface area contributed by atoms with Crippen LogP contribution >= 0.6 is 11.6 Å². The van der Waals surface area contributed by atoms with Crippen LogP contribution in [0.1, 0.15) is 54.3 Å². The molecule has 1 unspecified atom stereocenters. The Morgan fingerprint density at radius 1 is 0.973 bits per heavy atom. The minimum Gasteiger partial charge on any atom is -0.481 e. The van der Waals surface area contributed by atoms with Gasteiger partial charge in [0.1, 0.15) is 5.82 Å². The molecule has 0 fully saturated rings. The van der Waals surface area contributed by atoms with Gasteiger partial charge in [-0.25, -0.2) is 14.4 Å². The molecule has 6 nitrogen and oxygen atoms in total. The number of benzene rings is 3. The van der Waals surface area contributed by atoms with Gasteiger partial charge in [-0.05, 0) is 73.7 Å². The molecule has 0 aliphatic carbocycles. The molecular weight excluding hydrogens is 493 g/mol. The number of carboxylic acid groups (broad SMARTS) is 1. The maximum absolute atomic E-state index is 13.2. The van der Waals surface area contributed by atoms with Gasteiger partial charge in [0.05, 0.1) is 28.5 Å². The summed E-state index contributed by atoms with van der Waals surface area (Å²) in [5.41, 5.74) is 4.71. The van der Waals surface area contributed by atoms with Gasteiger partial charge < -0.3 is 10.4 Å². The van der Waals surface area contributed by atoms with E-state index in [-0.39, 0.29) is 30.1 Å². The van der Waals surface area contributed by atoms with Gasteiger partial charge in [-0.3, -0.25) is 9.59 Å². The van der Waals surface area contributed by atoms with E-state index in [1.807, 2.05) is 26.0 Å². The zero-order chi connectivity index (χ0) is 26.5. The number of aryl methyl sites for hydroxylation is 1. The van der Waals surface area contributed by atoms with E-state index in [0.29, 0.717) is 40.2 Å². The number of aliphatic carboxylic acids is 1. The number of fused-ring (bicyclic) bond motifs is 1. The number of carboxylic acids is 1. The number of nitrogens with zero attached hydrogens (tertiary/aromatic N) is 2. The van der Waals surface area contributed by atoms with Crippen LogP contribution in [-0.2, 0) is 11.2 Å². The molecule has 0 spiro atoms. The monoisotopic (exact) mass is 519 g/mol. The first kappa shape index (κ1) is 26.2. The van der Waals surface area contributed by atoms with E-state index in [1.165, 1.54) is 12.1 Å². The SMILES string of the molecule is CC(CCc1nc2cc(C(=O)N[C@H](C)c3ccc(F)cc3)ccc2nc1-c1ccc(Cl)cc1)CC(=O)O. The van der Waals surface area contributed by atoms with Crippen molar-refractivity contribution >= 4 is 34.5 Å². The van der Waals surface area contributed by atoms with Gasteiger partial charge in [0.2, 0.25) is 0 Å². The van der Waals surface area contributed by atoms with E-state index in [0.717, 1.165) is 16.8 Å². The van der Waals surface area contributed by atoms with Crippen LogP contribution in [0.2, 0.25) is 5.02 Å². The van der Waals surface area contributed by atoms with Gasteiger partial charge in [-0.15, -0.1) is 0 Å². The van der Waals surface area contributed by atoms with E-state index in [9.17, 15) is 14.0 Å². The third-order valence-electron chi connectivity index (χ3n) is 6.23. The van der Waals surface area contributed by atoms with Gasteiger partial charge >= 0.3 is 5.97 Å². The van der Waals surface area contributed by atoms with Crippen LogP contribution in [0, 0.1) is 11.7 Å². The highest BCUT2D eigenvalue weighted by Gasteiger charge is 2.17. The molecule has 4 rings (SSSR count). The predicted molar refractivity (Wildman–Crippen MR) is 142 cm³/mol. The van der Waals surface area contributed by atoms with E-state index >= 15 is 0 Å². The average molecular weight is 520 g/mol. The summed E-state index contributed by atoms with van der Waals surface area (Å²) in [5, 5.41) is 12.7. The molecule has 1 aromatic heterocycles. The van der Waals surface area contributed by atoms with E-state index in [2.05, 4.69) is 5.32 Å². The van der Waals surface area contributed by atoms with Crippen LogP contribution in [0.5, 0.6) is 0 Å². The fourth-order valence-electron chi connectivity index (χ4n) is 4.14. The van der Waals surface area contributed by atoms with E-state index in [4.69, 9.17) is 26.7 Å². The molecule has 1 amide bonds. The van der Waals surface area contributed by atoms with Crippen LogP contribution in [0.15, 0.2) is 66.7 Å². The number of aromatic nitrogens is 2. The number of carbonyl (C=O) groups excluding carboxylic acids is 1. The zero-order valence-electron chi connectivity index (χ0n) is 20.5. The van der Waals surface area contributed by atoms with Gasteiger partial charge in [0.25, 0.3) is 5.91 Å². The Bertz CT molecular complexity index is 1430. The van der Waals surface area contributed by atoms with Crippen LogP contribution < -0.4 is 5.32 Å². The first-order valence-corrected chi connectivity index (χ1v) is 12.4. The molecule has 1 heterocycles. The van der Waals surface area contributed by atoms with Crippen LogP contribution in [-0.4, -0.2) is 27.0 Å². The second kappa shape index (κ2) is 11.5. The van der Waals surface area contributed by atoms with E-state index < -0.39 is 5.97 Å². The van der Waals surface area contributed by atoms with Crippen LogP contribution in [0.4, 0.5) is 4.39 Å². The van der Waals surface area contributed by atoms with Crippen LogP contribution in [0.3, 0.4) is 0 Å². The third-order valence-corrected chi connectivity index (χ3v) is 6.48. The van der Waals surface area contributed by atoms with Crippen molar-refractivity contribution in [1.29, 1.82) is 0 Å². The van der Waals surface area contributed by atoms with Crippen molar-refractivity contribution in [3.8, 4) is 11.3 Å². The van der Waals surface area contributed by atoms with Gasteiger partial charge in [0.15, 0.2) is 0 Å². The maximum atomic E-state index is 13.2. The molecule has 190 valence electrons. The number of amides is 1. The molecule has 4 aromatic rings. The lowest BCUT2D eigenvalue weighted by molar-refractivity contribution is -0.138. The number of carbonyl (C=O) groups is 2. The number of halogens is 2. The summed E-state index contributed by atoms with van der Waals surface area (Å²) in [6.45, 7) is 3.73. The molecule has 0 bridgehead atoms. The van der Waals surface area contributed by atoms with Crippen molar-refractivity contribution in [3.63, 3.8) is 0 Å². The standard InChI is InChI=1S/C29H27ClFN3O3/c1-17(15-27(35)36)3-13-25-28(20-4-9-22(30)10-5-20)34-24-14-8-21(16-26(24)33-25)29(37)32-18(2)19-6-11-23(31)12-7-19/h4-12,14,16-18H,3,13,15H2,1-2H3,(H,32,37)(H,35,36)/t17?,18-/m1/s1. The lowest BCUT2D eigenvalue weighted by Crippen LogP contribution is -2.26. The van der Waals surface area contributed by atoms with Crippen LogP contribution in [0.25, 0.3) is 22.3 Å². The fraction of sp³-hybridized carbons (Fsp3) is 0.241. The predicted octanol–water partition coefficient (Wildman–Crippen LogP) is 6.62.